The third-order valence-electron chi connectivity index (χ3n) is 4.86. The Morgan fingerprint density at radius 1 is 1.33 bits per heavy atom. The quantitative estimate of drug-likeness (QED) is 0.359. The number of hydrogen-bond acceptors (Lipinski definition) is 7. The molecule has 30 heavy (non-hydrogen) atoms. The van der Waals surface area contributed by atoms with Gasteiger partial charge in [-0.2, -0.15) is 0 Å². The number of amides is 1. The van der Waals surface area contributed by atoms with Gasteiger partial charge in [0.15, 0.2) is 0 Å². The fourth-order valence-corrected chi connectivity index (χ4v) is 4.51. The van der Waals surface area contributed by atoms with Gasteiger partial charge in [-0.15, -0.1) is 0 Å². The number of thioether (sulfide) groups is 1. The minimum Gasteiger partial charge on any atom is -0.382 e. The molecule has 1 saturated heterocycles. The van der Waals surface area contributed by atoms with Crippen molar-refractivity contribution in [3.8, 4) is 0 Å². The van der Waals surface area contributed by atoms with E-state index < -0.39 is 0 Å². The molecule has 1 N–H and O–H groups in total. The average molecular weight is 447 g/mol. The second-order valence-corrected chi connectivity index (χ2v) is 8.57. The van der Waals surface area contributed by atoms with Crippen molar-refractivity contribution in [2.45, 2.75) is 39.7 Å². The lowest BCUT2D eigenvalue weighted by molar-refractivity contribution is -0.123. The van der Waals surface area contributed by atoms with Crippen LogP contribution in [0.4, 0.5) is 5.82 Å². The van der Waals surface area contributed by atoms with Crippen LogP contribution >= 0.6 is 24.0 Å². The zero-order chi connectivity index (χ0) is 21.7. The van der Waals surface area contributed by atoms with Gasteiger partial charge in [-0.3, -0.25) is 18.9 Å². The van der Waals surface area contributed by atoms with Crippen molar-refractivity contribution in [3.05, 3.63) is 45.2 Å². The van der Waals surface area contributed by atoms with E-state index in [2.05, 4.69) is 10.3 Å². The first kappa shape index (κ1) is 22.5. The second-order valence-electron chi connectivity index (χ2n) is 6.89. The first-order chi connectivity index (χ1) is 14.5. The lowest BCUT2D eigenvalue weighted by Crippen LogP contribution is -2.36. The first-order valence-corrected chi connectivity index (χ1v) is 11.3. The first-order valence-electron chi connectivity index (χ1n) is 10.1. The number of aromatic nitrogens is 2. The molecule has 0 saturated carbocycles. The molecule has 0 spiro atoms. The monoisotopic (exact) mass is 446 g/mol. The van der Waals surface area contributed by atoms with E-state index in [9.17, 15) is 9.59 Å². The Kier molecular flexibility index (Phi) is 7.63. The number of rotatable bonds is 9. The second kappa shape index (κ2) is 10.2. The molecule has 7 nitrogen and oxygen atoms in total. The zero-order valence-electron chi connectivity index (χ0n) is 17.4. The van der Waals surface area contributed by atoms with Crippen molar-refractivity contribution in [2.24, 2.45) is 0 Å². The number of fused-ring (bicyclic) bond motifs is 1. The maximum Gasteiger partial charge on any atom is 0.267 e. The highest BCUT2D eigenvalue weighted by atomic mass is 32.2. The SMILES string of the molecule is CCOCCCNc1nc2ccccn2c(=O)c1/C=C1\SC(=S)N([C@@H](C)CC)C1=O. The molecule has 1 amide bonds. The van der Waals surface area contributed by atoms with E-state index in [-0.39, 0.29) is 17.5 Å². The van der Waals surface area contributed by atoms with E-state index in [1.165, 1.54) is 16.2 Å². The molecule has 0 aromatic carbocycles. The molecule has 1 aliphatic heterocycles. The smallest absolute Gasteiger partial charge is 0.267 e. The van der Waals surface area contributed by atoms with Crippen LogP contribution in [0.3, 0.4) is 0 Å². The number of thiocarbonyl (C=S) groups is 1. The Bertz CT molecular complexity index is 1030. The maximum absolute atomic E-state index is 13.2. The minimum atomic E-state index is -0.235. The summed E-state index contributed by atoms with van der Waals surface area (Å²) in [5, 5.41) is 3.23. The number of nitrogens with zero attached hydrogens (tertiary/aromatic N) is 3. The largest absolute Gasteiger partial charge is 0.382 e. The fraction of sp³-hybridized carbons (Fsp3) is 0.429. The van der Waals surface area contributed by atoms with Crippen LogP contribution in [-0.2, 0) is 9.53 Å². The number of anilines is 1. The molecule has 0 radical (unpaired) electrons. The molecular weight excluding hydrogens is 420 g/mol. The molecule has 0 aliphatic carbocycles. The normalized spacial score (nSPS) is 16.6. The van der Waals surface area contributed by atoms with Gasteiger partial charge in [0, 0.05) is 32.0 Å². The number of carbonyl (C=O) groups excluding carboxylic acids is 1. The van der Waals surface area contributed by atoms with Crippen LogP contribution in [0.2, 0.25) is 0 Å². The van der Waals surface area contributed by atoms with Gasteiger partial charge in [0.1, 0.15) is 15.8 Å². The van der Waals surface area contributed by atoms with Crippen LogP contribution in [0.25, 0.3) is 11.7 Å². The summed E-state index contributed by atoms with van der Waals surface area (Å²) in [5.74, 6) is 0.288. The topological polar surface area (TPSA) is 75.9 Å². The lowest BCUT2D eigenvalue weighted by Gasteiger charge is -2.21. The Morgan fingerprint density at radius 2 is 2.13 bits per heavy atom. The summed E-state index contributed by atoms with van der Waals surface area (Å²) in [6.07, 6.45) is 4.86. The van der Waals surface area contributed by atoms with Crippen LogP contribution in [0, 0.1) is 0 Å². The number of carbonyl (C=O) groups is 1. The van der Waals surface area contributed by atoms with E-state index in [0.29, 0.717) is 46.0 Å². The summed E-state index contributed by atoms with van der Waals surface area (Å²) in [5.41, 5.74) is 0.653. The molecule has 1 fully saturated rings. The van der Waals surface area contributed by atoms with E-state index in [4.69, 9.17) is 17.0 Å². The van der Waals surface area contributed by atoms with Crippen molar-refractivity contribution in [3.63, 3.8) is 0 Å². The van der Waals surface area contributed by atoms with Gasteiger partial charge in [-0.25, -0.2) is 4.98 Å². The summed E-state index contributed by atoms with van der Waals surface area (Å²) in [7, 11) is 0. The van der Waals surface area contributed by atoms with Gasteiger partial charge in [0.05, 0.1) is 10.5 Å². The third-order valence-corrected chi connectivity index (χ3v) is 6.19. The minimum absolute atomic E-state index is 0.00962. The number of pyridine rings is 1. The van der Waals surface area contributed by atoms with Gasteiger partial charge in [-0.1, -0.05) is 37.0 Å². The Morgan fingerprint density at radius 3 is 2.87 bits per heavy atom. The molecule has 2 aromatic rings. The van der Waals surface area contributed by atoms with E-state index in [1.54, 1.807) is 29.3 Å². The maximum atomic E-state index is 13.2. The van der Waals surface area contributed by atoms with Crippen LogP contribution in [0.15, 0.2) is 34.1 Å². The van der Waals surface area contributed by atoms with Crippen molar-refractivity contribution >= 4 is 51.7 Å². The summed E-state index contributed by atoms with van der Waals surface area (Å²) in [6, 6.07) is 5.39. The number of nitrogens with one attached hydrogen (secondary N) is 1. The fourth-order valence-electron chi connectivity index (χ4n) is 3.07. The van der Waals surface area contributed by atoms with Crippen LogP contribution in [0.5, 0.6) is 0 Å². The zero-order valence-corrected chi connectivity index (χ0v) is 19.0. The molecule has 3 rings (SSSR count). The Balaban J connectivity index is 1.99. The van der Waals surface area contributed by atoms with Gasteiger partial charge in [0.2, 0.25) is 0 Å². The van der Waals surface area contributed by atoms with Crippen molar-refractivity contribution in [1.82, 2.24) is 14.3 Å². The summed E-state index contributed by atoms with van der Waals surface area (Å²) in [6.45, 7) is 7.82. The highest BCUT2D eigenvalue weighted by Crippen LogP contribution is 2.34. The molecule has 0 bridgehead atoms. The van der Waals surface area contributed by atoms with Crippen LogP contribution in [-0.4, -0.2) is 50.3 Å². The highest BCUT2D eigenvalue weighted by molar-refractivity contribution is 8.26. The third kappa shape index (κ3) is 4.74. The molecule has 1 atom stereocenters. The van der Waals surface area contributed by atoms with Gasteiger partial charge < -0.3 is 10.1 Å². The summed E-state index contributed by atoms with van der Waals surface area (Å²) in [4.78, 5) is 32.8. The molecule has 2 aromatic heterocycles. The van der Waals surface area contributed by atoms with Crippen LogP contribution < -0.4 is 10.9 Å². The standard InChI is InChI=1S/C21H26N4O3S2/c1-4-14(3)25-20(27)16(30-21(25)29)13-15-18(22-10-8-12-28-5-2)23-17-9-6-7-11-24(17)19(15)26/h6-7,9,11,13-14,22H,4-5,8,10,12H2,1-3H3/b16-13-/t14-/m0/s1. The Labute approximate surface area is 185 Å². The average Bonchev–Trinajstić information content (AvgIpc) is 3.02. The highest BCUT2D eigenvalue weighted by Gasteiger charge is 2.35. The molecule has 160 valence electrons. The predicted molar refractivity (Wildman–Crippen MR) is 126 cm³/mol. The molecule has 0 unspecified atom stereocenters. The Hall–Kier alpha value is -2.23. The molecule has 9 heteroatoms. The molecular formula is C21H26N4O3S2. The van der Waals surface area contributed by atoms with E-state index >= 15 is 0 Å². The van der Waals surface area contributed by atoms with Crippen molar-refractivity contribution < 1.29 is 9.53 Å². The van der Waals surface area contributed by atoms with Crippen molar-refractivity contribution in [1.29, 1.82) is 0 Å². The van der Waals surface area contributed by atoms with E-state index in [1.807, 2.05) is 26.8 Å². The predicted octanol–water partition coefficient (Wildman–Crippen LogP) is 3.53. The van der Waals surface area contributed by atoms with Gasteiger partial charge in [0.25, 0.3) is 11.5 Å². The van der Waals surface area contributed by atoms with Gasteiger partial charge >= 0.3 is 0 Å². The number of ether oxygens (including phenoxy) is 1. The van der Waals surface area contributed by atoms with Crippen molar-refractivity contribution in [2.75, 3.05) is 25.1 Å². The summed E-state index contributed by atoms with van der Waals surface area (Å²) < 4.78 is 7.36. The van der Waals surface area contributed by atoms with Crippen LogP contribution in [0.1, 0.15) is 39.2 Å². The lowest BCUT2D eigenvalue weighted by atomic mass is 10.2. The number of hydrogen-bond donors (Lipinski definition) is 1. The molecule has 1 aliphatic rings. The summed E-state index contributed by atoms with van der Waals surface area (Å²) >= 11 is 6.63. The van der Waals surface area contributed by atoms with Gasteiger partial charge in [-0.05, 0) is 44.9 Å². The van der Waals surface area contributed by atoms with E-state index in [0.717, 1.165) is 12.8 Å². The molecule has 3 heterocycles.